The van der Waals surface area contributed by atoms with Gasteiger partial charge in [0.25, 0.3) is 5.91 Å². The van der Waals surface area contributed by atoms with Gasteiger partial charge >= 0.3 is 6.18 Å². The molecular weight excluding hydrogens is 367 g/mol. The molecule has 2 aromatic carbocycles. The van der Waals surface area contributed by atoms with Crippen LogP contribution in [-0.4, -0.2) is 10.9 Å². The maximum Gasteiger partial charge on any atom is 0.416 e. The van der Waals surface area contributed by atoms with Crippen LogP contribution in [0.4, 0.5) is 24.7 Å². The number of alkyl halides is 3. The number of hydrogen-bond acceptors (Lipinski definition) is 3. The molecule has 0 aliphatic rings. The quantitative estimate of drug-likeness (QED) is 0.629. The molecule has 0 aliphatic heterocycles. The summed E-state index contributed by atoms with van der Waals surface area (Å²) in [5, 5.41) is 5.63. The molecule has 7 heteroatoms. The molecule has 0 unspecified atom stereocenters. The van der Waals surface area contributed by atoms with E-state index in [1.165, 1.54) is 18.3 Å². The van der Waals surface area contributed by atoms with E-state index in [0.717, 1.165) is 23.3 Å². The van der Waals surface area contributed by atoms with Crippen LogP contribution in [0.25, 0.3) is 0 Å². The molecular formula is C21H18F3N3O. The van der Waals surface area contributed by atoms with Crippen molar-refractivity contribution < 1.29 is 18.0 Å². The van der Waals surface area contributed by atoms with Crippen molar-refractivity contribution in [1.82, 2.24) is 4.98 Å². The fourth-order valence-corrected chi connectivity index (χ4v) is 2.60. The van der Waals surface area contributed by atoms with Crippen molar-refractivity contribution in [2.24, 2.45) is 0 Å². The third-order valence-corrected chi connectivity index (χ3v) is 4.19. The Balaban J connectivity index is 1.63. The van der Waals surface area contributed by atoms with Crippen molar-refractivity contribution in [3.8, 4) is 0 Å². The number of carbonyl (C=O) groups excluding carboxylic acids is 1. The number of benzene rings is 2. The highest BCUT2D eigenvalue weighted by Gasteiger charge is 2.30. The zero-order chi connectivity index (χ0) is 20.1. The van der Waals surface area contributed by atoms with Gasteiger partial charge in [-0.3, -0.25) is 4.79 Å². The summed E-state index contributed by atoms with van der Waals surface area (Å²) >= 11 is 0. The summed E-state index contributed by atoms with van der Waals surface area (Å²) in [6.07, 6.45) is -3.09. The van der Waals surface area contributed by atoms with Gasteiger partial charge < -0.3 is 10.6 Å². The number of aromatic nitrogens is 1. The van der Waals surface area contributed by atoms with Crippen LogP contribution in [0.1, 0.15) is 27.0 Å². The minimum atomic E-state index is -4.47. The lowest BCUT2D eigenvalue weighted by atomic mass is 10.1. The van der Waals surface area contributed by atoms with Crippen LogP contribution in [0.15, 0.2) is 66.9 Å². The highest BCUT2D eigenvalue weighted by Crippen LogP contribution is 2.30. The van der Waals surface area contributed by atoms with Crippen LogP contribution >= 0.6 is 0 Å². The lowest BCUT2D eigenvalue weighted by Gasteiger charge is -2.11. The average molecular weight is 385 g/mol. The van der Waals surface area contributed by atoms with E-state index in [2.05, 4.69) is 15.6 Å². The molecule has 1 aromatic heterocycles. The van der Waals surface area contributed by atoms with Crippen LogP contribution < -0.4 is 10.6 Å². The second-order valence-corrected chi connectivity index (χ2v) is 6.24. The van der Waals surface area contributed by atoms with E-state index >= 15 is 0 Å². The number of nitrogens with one attached hydrogen (secondary N) is 2. The van der Waals surface area contributed by atoms with E-state index in [-0.39, 0.29) is 11.3 Å². The summed E-state index contributed by atoms with van der Waals surface area (Å²) < 4.78 is 38.3. The molecule has 144 valence electrons. The predicted octanol–water partition coefficient (Wildman–Crippen LogP) is 5.27. The van der Waals surface area contributed by atoms with Crippen LogP contribution in [0.5, 0.6) is 0 Å². The van der Waals surface area contributed by atoms with Crippen LogP contribution in [0.2, 0.25) is 0 Å². The molecule has 3 aromatic rings. The topological polar surface area (TPSA) is 54.0 Å². The van der Waals surface area contributed by atoms with E-state index in [4.69, 9.17) is 0 Å². The molecule has 0 radical (unpaired) electrons. The molecule has 0 atom stereocenters. The average Bonchev–Trinajstić information content (AvgIpc) is 2.67. The molecule has 0 saturated heterocycles. The zero-order valence-electron chi connectivity index (χ0n) is 15.0. The van der Waals surface area contributed by atoms with Crippen molar-refractivity contribution in [2.45, 2.75) is 19.6 Å². The Morgan fingerprint density at radius 3 is 2.50 bits per heavy atom. The van der Waals surface area contributed by atoms with Crippen molar-refractivity contribution in [3.05, 3.63) is 89.1 Å². The largest absolute Gasteiger partial charge is 0.416 e. The van der Waals surface area contributed by atoms with Crippen LogP contribution in [-0.2, 0) is 12.7 Å². The van der Waals surface area contributed by atoms with Crippen molar-refractivity contribution in [2.75, 3.05) is 10.6 Å². The molecule has 2 N–H and O–H groups in total. The molecule has 3 rings (SSSR count). The first-order valence-electron chi connectivity index (χ1n) is 8.56. The Bertz CT molecular complexity index is 969. The van der Waals surface area contributed by atoms with Gasteiger partial charge in [-0.25, -0.2) is 4.98 Å². The highest BCUT2D eigenvalue weighted by atomic mass is 19.4. The normalized spacial score (nSPS) is 11.1. The van der Waals surface area contributed by atoms with Crippen molar-refractivity contribution in [3.63, 3.8) is 0 Å². The van der Waals surface area contributed by atoms with Gasteiger partial charge in [0, 0.05) is 18.4 Å². The summed E-state index contributed by atoms with van der Waals surface area (Å²) in [6, 6.07) is 15.7. The van der Waals surface area contributed by atoms with Gasteiger partial charge in [0.1, 0.15) is 5.82 Å². The molecule has 0 saturated carbocycles. The Labute approximate surface area is 160 Å². The second-order valence-electron chi connectivity index (χ2n) is 6.24. The first-order chi connectivity index (χ1) is 13.3. The lowest BCUT2D eigenvalue weighted by Crippen LogP contribution is -2.13. The van der Waals surface area contributed by atoms with Crippen molar-refractivity contribution >= 4 is 17.4 Å². The van der Waals surface area contributed by atoms with Gasteiger partial charge in [0.15, 0.2) is 0 Å². The molecule has 0 aliphatic carbocycles. The van der Waals surface area contributed by atoms with Crippen LogP contribution in [0.3, 0.4) is 0 Å². The van der Waals surface area contributed by atoms with Gasteiger partial charge in [-0.05, 0) is 48.4 Å². The zero-order valence-corrected chi connectivity index (χ0v) is 15.0. The Kier molecular flexibility index (Phi) is 5.63. The number of amides is 1. The summed E-state index contributed by atoms with van der Waals surface area (Å²) in [5.41, 5.74) is 1.79. The number of rotatable bonds is 5. The third-order valence-electron chi connectivity index (χ3n) is 4.19. The highest BCUT2D eigenvalue weighted by molar-refractivity contribution is 6.04. The number of nitrogens with zero attached hydrogens (tertiary/aromatic N) is 1. The summed E-state index contributed by atoms with van der Waals surface area (Å²) in [4.78, 5) is 16.4. The molecule has 28 heavy (non-hydrogen) atoms. The van der Waals surface area contributed by atoms with Crippen molar-refractivity contribution in [1.29, 1.82) is 0 Å². The van der Waals surface area contributed by atoms with E-state index < -0.39 is 17.6 Å². The Morgan fingerprint density at radius 2 is 1.82 bits per heavy atom. The Hall–Kier alpha value is -3.35. The molecule has 4 nitrogen and oxygen atoms in total. The molecule has 1 heterocycles. The number of anilines is 2. The number of pyridine rings is 1. The van der Waals surface area contributed by atoms with E-state index in [1.54, 1.807) is 12.1 Å². The third kappa shape index (κ3) is 4.88. The van der Waals surface area contributed by atoms with Gasteiger partial charge in [-0.15, -0.1) is 0 Å². The van der Waals surface area contributed by atoms with Gasteiger partial charge in [-0.2, -0.15) is 13.2 Å². The van der Waals surface area contributed by atoms with E-state index in [0.29, 0.717) is 12.4 Å². The second kappa shape index (κ2) is 8.12. The SMILES string of the molecule is Cc1ccccc1CNc1ccc(C(=O)Nc2cccc(C(F)(F)F)c2)cn1. The lowest BCUT2D eigenvalue weighted by molar-refractivity contribution is -0.137. The standard InChI is InChI=1S/C21H18F3N3O/c1-14-5-2-3-6-15(14)12-25-19-10-9-16(13-26-19)20(28)27-18-8-4-7-17(11-18)21(22,23)24/h2-11,13H,12H2,1H3,(H,25,26)(H,27,28). The number of halogens is 3. The molecule has 1 amide bonds. The molecule has 0 fully saturated rings. The number of aryl methyl sites for hydroxylation is 1. The van der Waals surface area contributed by atoms with E-state index in [1.807, 2.05) is 31.2 Å². The van der Waals surface area contributed by atoms with Gasteiger partial charge in [-0.1, -0.05) is 30.3 Å². The maximum atomic E-state index is 12.8. The first-order valence-corrected chi connectivity index (χ1v) is 8.56. The van der Waals surface area contributed by atoms with Gasteiger partial charge in [0.05, 0.1) is 11.1 Å². The fraction of sp³-hybridized carbons (Fsp3) is 0.143. The fourth-order valence-electron chi connectivity index (χ4n) is 2.60. The van der Waals surface area contributed by atoms with E-state index in [9.17, 15) is 18.0 Å². The minimum absolute atomic E-state index is 0.0709. The number of hydrogen-bond donors (Lipinski definition) is 2. The van der Waals surface area contributed by atoms with Gasteiger partial charge in [0.2, 0.25) is 0 Å². The summed E-state index contributed by atoms with van der Waals surface area (Å²) in [5.74, 6) is 0.0659. The first kappa shape index (κ1) is 19.4. The Morgan fingerprint density at radius 1 is 1.04 bits per heavy atom. The maximum absolute atomic E-state index is 12.8. The minimum Gasteiger partial charge on any atom is -0.366 e. The van der Waals surface area contributed by atoms with Crippen LogP contribution in [0, 0.1) is 6.92 Å². The molecule has 0 spiro atoms. The predicted molar refractivity (Wildman–Crippen MR) is 102 cm³/mol. The smallest absolute Gasteiger partial charge is 0.366 e. The molecule has 0 bridgehead atoms. The number of carbonyl (C=O) groups is 1. The summed E-state index contributed by atoms with van der Waals surface area (Å²) in [7, 11) is 0. The summed E-state index contributed by atoms with van der Waals surface area (Å²) in [6.45, 7) is 2.61. The monoisotopic (exact) mass is 385 g/mol.